The van der Waals surface area contributed by atoms with E-state index >= 15 is 0 Å². The molecule has 1 aromatic carbocycles. The van der Waals surface area contributed by atoms with Gasteiger partial charge in [0.05, 0.1) is 17.8 Å². The molecule has 0 radical (unpaired) electrons. The van der Waals surface area contributed by atoms with Crippen LogP contribution in [0.15, 0.2) is 58.2 Å². The Kier molecular flexibility index (Phi) is 6.49. The number of carbonyl (C=O) groups excluding carboxylic acids is 1. The van der Waals surface area contributed by atoms with Gasteiger partial charge >= 0.3 is 0 Å². The van der Waals surface area contributed by atoms with Gasteiger partial charge in [0.1, 0.15) is 23.1 Å². The highest BCUT2D eigenvalue weighted by Crippen LogP contribution is 2.24. The summed E-state index contributed by atoms with van der Waals surface area (Å²) in [4.78, 5) is 16.8. The van der Waals surface area contributed by atoms with Gasteiger partial charge in [-0.25, -0.2) is 4.98 Å². The molecule has 3 aromatic rings. The highest BCUT2D eigenvalue weighted by Gasteiger charge is 2.13. The Bertz CT molecular complexity index is 911. The van der Waals surface area contributed by atoms with Crippen molar-refractivity contribution in [2.75, 3.05) is 13.2 Å². The molecule has 27 heavy (non-hydrogen) atoms. The number of benzene rings is 1. The van der Waals surface area contributed by atoms with E-state index in [-0.39, 0.29) is 5.91 Å². The van der Waals surface area contributed by atoms with Crippen LogP contribution in [0.25, 0.3) is 0 Å². The fourth-order valence-corrected chi connectivity index (χ4v) is 3.31. The zero-order valence-corrected chi connectivity index (χ0v) is 16.1. The highest BCUT2D eigenvalue weighted by atomic mass is 32.2. The van der Waals surface area contributed by atoms with Crippen molar-refractivity contribution in [3.63, 3.8) is 0 Å². The number of rotatable bonds is 8. The summed E-state index contributed by atoms with van der Waals surface area (Å²) in [7, 11) is 0. The van der Waals surface area contributed by atoms with Crippen molar-refractivity contribution in [1.29, 1.82) is 0 Å². The molecule has 6 nitrogen and oxygen atoms in total. The molecule has 0 bridgehead atoms. The minimum Gasteiger partial charge on any atom is -0.492 e. The maximum absolute atomic E-state index is 12.5. The van der Waals surface area contributed by atoms with Crippen LogP contribution >= 0.6 is 11.8 Å². The molecule has 0 aliphatic rings. The maximum Gasteiger partial charge on any atom is 0.254 e. The van der Waals surface area contributed by atoms with E-state index in [1.54, 1.807) is 18.3 Å². The molecule has 2 aromatic heterocycles. The molecule has 0 saturated heterocycles. The largest absolute Gasteiger partial charge is 0.492 e. The van der Waals surface area contributed by atoms with Crippen LogP contribution in [0.3, 0.4) is 0 Å². The summed E-state index contributed by atoms with van der Waals surface area (Å²) >= 11 is 1.45. The molecule has 3 rings (SSSR count). The number of ether oxygens (including phenoxy) is 1. The van der Waals surface area contributed by atoms with Crippen molar-refractivity contribution in [1.82, 2.24) is 15.5 Å². The van der Waals surface area contributed by atoms with E-state index in [1.165, 1.54) is 11.8 Å². The van der Waals surface area contributed by atoms with Gasteiger partial charge in [0.25, 0.3) is 5.91 Å². The van der Waals surface area contributed by atoms with Crippen molar-refractivity contribution < 1.29 is 14.1 Å². The second kappa shape index (κ2) is 9.23. The number of nitrogens with zero attached hydrogens (tertiary/aromatic N) is 2. The number of aromatic nitrogens is 2. The topological polar surface area (TPSA) is 77.2 Å². The van der Waals surface area contributed by atoms with Crippen LogP contribution in [0.2, 0.25) is 0 Å². The zero-order valence-electron chi connectivity index (χ0n) is 15.3. The molecule has 2 heterocycles. The van der Waals surface area contributed by atoms with Crippen molar-refractivity contribution >= 4 is 17.7 Å². The number of hydrogen-bond donors (Lipinski definition) is 1. The van der Waals surface area contributed by atoms with E-state index in [0.717, 1.165) is 22.8 Å². The van der Waals surface area contributed by atoms with Crippen LogP contribution in [0.4, 0.5) is 0 Å². The lowest BCUT2D eigenvalue weighted by Crippen LogP contribution is -2.28. The number of carbonyl (C=O) groups is 1. The first-order valence-corrected chi connectivity index (χ1v) is 9.58. The second-order valence-electron chi connectivity index (χ2n) is 5.99. The van der Waals surface area contributed by atoms with Gasteiger partial charge in [-0.3, -0.25) is 4.79 Å². The van der Waals surface area contributed by atoms with Crippen LogP contribution in [0.5, 0.6) is 5.75 Å². The van der Waals surface area contributed by atoms with Gasteiger partial charge in [0.2, 0.25) is 0 Å². The molecule has 0 fully saturated rings. The molecular formula is C20H21N3O3S. The Morgan fingerprint density at radius 2 is 2.11 bits per heavy atom. The molecular weight excluding hydrogens is 362 g/mol. The number of thioether (sulfide) groups is 1. The second-order valence-corrected chi connectivity index (χ2v) is 6.96. The third-order valence-corrected chi connectivity index (χ3v) is 4.73. The Hall–Kier alpha value is -2.80. The first-order chi connectivity index (χ1) is 13.1. The van der Waals surface area contributed by atoms with Gasteiger partial charge < -0.3 is 14.6 Å². The lowest BCUT2D eigenvalue weighted by Gasteiger charge is -2.10. The molecule has 140 valence electrons. The van der Waals surface area contributed by atoms with Crippen LogP contribution < -0.4 is 10.1 Å². The molecule has 0 atom stereocenters. The molecule has 0 aliphatic carbocycles. The summed E-state index contributed by atoms with van der Waals surface area (Å²) in [6.45, 7) is 4.67. The average Bonchev–Trinajstić information content (AvgIpc) is 3.09. The normalized spacial score (nSPS) is 10.6. The third kappa shape index (κ3) is 5.59. The van der Waals surface area contributed by atoms with Crippen LogP contribution in [0, 0.1) is 13.8 Å². The summed E-state index contributed by atoms with van der Waals surface area (Å²) in [6, 6.07) is 13.2. The number of nitrogens with one attached hydrogen (secondary N) is 1. The van der Waals surface area contributed by atoms with Crippen molar-refractivity contribution in [2.45, 2.75) is 24.6 Å². The number of amides is 1. The Morgan fingerprint density at radius 3 is 2.89 bits per heavy atom. The van der Waals surface area contributed by atoms with Crippen LogP contribution in [-0.4, -0.2) is 29.2 Å². The van der Waals surface area contributed by atoms with Gasteiger partial charge in [-0.1, -0.05) is 29.1 Å². The molecule has 1 N–H and O–H groups in total. The van der Waals surface area contributed by atoms with E-state index in [2.05, 4.69) is 15.5 Å². The van der Waals surface area contributed by atoms with Gasteiger partial charge in [0, 0.05) is 18.0 Å². The smallest absolute Gasteiger partial charge is 0.254 e. The Morgan fingerprint density at radius 1 is 1.22 bits per heavy atom. The zero-order chi connectivity index (χ0) is 19.1. The molecule has 7 heteroatoms. The lowest BCUT2D eigenvalue weighted by atomic mass is 10.2. The van der Waals surface area contributed by atoms with Gasteiger partial charge in [-0.2, -0.15) is 0 Å². The summed E-state index contributed by atoms with van der Waals surface area (Å²) in [5.74, 6) is 1.98. The van der Waals surface area contributed by atoms with Crippen molar-refractivity contribution in [3.8, 4) is 5.75 Å². The summed E-state index contributed by atoms with van der Waals surface area (Å²) in [6.07, 6.45) is 1.67. The summed E-state index contributed by atoms with van der Waals surface area (Å²) in [5.41, 5.74) is 2.50. The third-order valence-electron chi connectivity index (χ3n) is 3.70. The highest BCUT2D eigenvalue weighted by molar-refractivity contribution is 7.98. The first kappa shape index (κ1) is 19.0. The lowest BCUT2D eigenvalue weighted by molar-refractivity contribution is 0.0943. The quantitative estimate of drug-likeness (QED) is 0.471. The minimum atomic E-state index is -0.172. The maximum atomic E-state index is 12.5. The molecule has 0 saturated carbocycles. The fraction of sp³-hybridized carbons (Fsp3) is 0.250. The van der Waals surface area contributed by atoms with Gasteiger partial charge in [-0.05, 0) is 43.7 Å². The van der Waals surface area contributed by atoms with E-state index in [1.807, 2.05) is 44.2 Å². The number of pyridine rings is 1. The Labute approximate surface area is 162 Å². The van der Waals surface area contributed by atoms with Crippen LogP contribution in [0.1, 0.15) is 27.4 Å². The summed E-state index contributed by atoms with van der Waals surface area (Å²) < 4.78 is 10.7. The molecule has 0 unspecified atom stereocenters. The van der Waals surface area contributed by atoms with E-state index in [9.17, 15) is 4.79 Å². The standard InChI is InChI=1S/C20H21N3O3S/c1-14-5-3-6-17(11-14)25-10-9-21-19(24)18-7-4-8-22-20(18)27-13-16-12-15(2)26-23-16/h3-8,11-12H,9-10,13H2,1-2H3,(H,21,24). The monoisotopic (exact) mass is 383 g/mol. The predicted octanol–water partition coefficient (Wildman–Crippen LogP) is 3.79. The van der Waals surface area contributed by atoms with Gasteiger partial charge in [-0.15, -0.1) is 0 Å². The van der Waals surface area contributed by atoms with Crippen molar-refractivity contribution in [3.05, 3.63) is 71.2 Å². The Balaban J connectivity index is 1.51. The van der Waals surface area contributed by atoms with E-state index in [4.69, 9.17) is 9.26 Å². The first-order valence-electron chi connectivity index (χ1n) is 8.59. The predicted molar refractivity (Wildman–Crippen MR) is 104 cm³/mol. The fourth-order valence-electron chi connectivity index (χ4n) is 2.44. The van der Waals surface area contributed by atoms with Crippen LogP contribution in [-0.2, 0) is 5.75 Å². The number of hydrogen-bond acceptors (Lipinski definition) is 6. The van der Waals surface area contributed by atoms with Gasteiger partial charge in [0.15, 0.2) is 0 Å². The van der Waals surface area contributed by atoms with E-state index in [0.29, 0.717) is 29.5 Å². The molecule has 0 spiro atoms. The molecule has 1 amide bonds. The minimum absolute atomic E-state index is 0.172. The van der Waals surface area contributed by atoms with Crippen molar-refractivity contribution in [2.24, 2.45) is 0 Å². The molecule has 0 aliphatic heterocycles. The number of aryl methyl sites for hydroxylation is 2. The SMILES string of the molecule is Cc1cccc(OCCNC(=O)c2cccnc2SCc2cc(C)on2)c1. The average molecular weight is 383 g/mol. The van der Waals surface area contributed by atoms with E-state index < -0.39 is 0 Å². The summed E-state index contributed by atoms with van der Waals surface area (Å²) in [5, 5.41) is 7.50.